The van der Waals surface area contributed by atoms with Crippen molar-refractivity contribution in [3.63, 3.8) is 0 Å². The molecule has 9 nitrogen and oxygen atoms in total. The van der Waals surface area contributed by atoms with Crippen LogP contribution in [0.15, 0.2) is 28.7 Å². The summed E-state index contributed by atoms with van der Waals surface area (Å²) in [7, 11) is 0. The van der Waals surface area contributed by atoms with Crippen LogP contribution in [0.25, 0.3) is 11.3 Å². The van der Waals surface area contributed by atoms with Crippen LogP contribution in [-0.4, -0.2) is 79.6 Å². The van der Waals surface area contributed by atoms with E-state index in [1.54, 1.807) is 4.90 Å². The summed E-state index contributed by atoms with van der Waals surface area (Å²) in [5, 5.41) is 12.4. The average molecular weight is 643 g/mol. The fourth-order valence-corrected chi connectivity index (χ4v) is 6.05. The third-order valence-electron chi connectivity index (χ3n) is 8.62. The number of nitrogens with zero attached hydrogens (tertiary/aromatic N) is 3. The van der Waals surface area contributed by atoms with Crippen LogP contribution in [0.4, 0.5) is 26.3 Å². The monoisotopic (exact) mass is 642 g/mol. The maximum Gasteiger partial charge on any atom is 0.463 e. The average Bonchev–Trinajstić information content (AvgIpc) is 3.49. The number of ether oxygens (including phenoxy) is 2. The Hall–Kier alpha value is -3.64. The summed E-state index contributed by atoms with van der Waals surface area (Å²) in [6.45, 7) is 2.25. The predicted octanol–water partition coefficient (Wildman–Crippen LogP) is 5.12. The lowest BCUT2D eigenvalue weighted by Crippen LogP contribution is -2.46. The first-order valence-corrected chi connectivity index (χ1v) is 14.8. The minimum atomic E-state index is -6.03. The molecule has 0 spiro atoms. The number of nitrogens with one attached hydrogen (secondary N) is 1. The summed E-state index contributed by atoms with van der Waals surface area (Å²) in [5.74, 6) is -11.4. The first-order valence-electron chi connectivity index (χ1n) is 14.8. The Labute approximate surface area is 254 Å². The Balaban J connectivity index is 1.49. The smallest absolute Gasteiger partial charge is 0.439 e. The maximum atomic E-state index is 14.7. The molecule has 5 rings (SSSR count). The number of halogens is 6. The Morgan fingerprint density at radius 1 is 0.978 bits per heavy atom. The Morgan fingerprint density at radius 2 is 1.62 bits per heavy atom. The van der Waals surface area contributed by atoms with Gasteiger partial charge in [0.25, 0.3) is 11.8 Å². The van der Waals surface area contributed by atoms with E-state index in [1.807, 2.05) is 6.07 Å². The van der Waals surface area contributed by atoms with Crippen LogP contribution < -0.4 is 5.32 Å². The van der Waals surface area contributed by atoms with Crippen LogP contribution in [0.1, 0.15) is 60.0 Å². The van der Waals surface area contributed by atoms with Gasteiger partial charge in [-0.25, -0.2) is 9.37 Å². The first kappa shape index (κ1) is 32.7. The van der Waals surface area contributed by atoms with E-state index >= 15 is 0 Å². The van der Waals surface area contributed by atoms with E-state index in [-0.39, 0.29) is 47.9 Å². The number of nitriles is 1. The molecule has 2 amide bonds. The zero-order valence-electron chi connectivity index (χ0n) is 24.1. The number of alkyl halides is 6. The van der Waals surface area contributed by atoms with Crippen molar-refractivity contribution in [2.75, 3.05) is 39.5 Å². The number of aromatic nitrogens is 1. The van der Waals surface area contributed by atoms with Crippen LogP contribution >= 0.6 is 0 Å². The summed E-state index contributed by atoms with van der Waals surface area (Å²) in [5.41, 5.74) is -0.0619. The highest BCUT2D eigenvalue weighted by Gasteiger charge is 2.63. The van der Waals surface area contributed by atoms with E-state index in [4.69, 9.17) is 13.9 Å². The fraction of sp³-hybridized carbons (Fsp3) is 0.600. The Morgan fingerprint density at radius 3 is 2.24 bits per heavy atom. The van der Waals surface area contributed by atoms with Gasteiger partial charge in [-0.15, -0.1) is 0 Å². The molecule has 1 aromatic heterocycles. The lowest BCUT2D eigenvalue weighted by molar-refractivity contribution is -0.297. The van der Waals surface area contributed by atoms with Crippen molar-refractivity contribution >= 4 is 11.8 Å². The maximum absolute atomic E-state index is 14.7. The minimum absolute atomic E-state index is 0.0649. The Bertz CT molecular complexity index is 1400. The second kappa shape index (κ2) is 13.4. The first-order chi connectivity index (χ1) is 21.4. The second-order valence-corrected chi connectivity index (χ2v) is 11.5. The van der Waals surface area contributed by atoms with E-state index in [1.165, 1.54) is 24.3 Å². The van der Waals surface area contributed by atoms with E-state index in [2.05, 4.69) is 10.3 Å². The third-order valence-corrected chi connectivity index (χ3v) is 8.62. The number of carbonyl (C=O) groups is 2. The lowest BCUT2D eigenvalue weighted by atomic mass is 9.75. The van der Waals surface area contributed by atoms with Crippen molar-refractivity contribution in [2.45, 2.75) is 62.3 Å². The molecule has 1 saturated carbocycles. The molecular weight excluding hydrogens is 610 g/mol. The molecular formula is C30H32F6N4O5. The summed E-state index contributed by atoms with van der Waals surface area (Å²) >= 11 is 0. The molecule has 1 aromatic carbocycles. The SMILES string of the molecule is N#CC(NC(=O)C1CC(F)CCC1c1oc(C(F)(F)C(F)(F)F)nc1-c1ccc(C(=O)N2CCOCC2)cc1)C1CCOCC1. The van der Waals surface area contributed by atoms with Crippen LogP contribution in [0.3, 0.4) is 0 Å². The number of rotatable bonds is 7. The van der Waals surface area contributed by atoms with Crippen LogP contribution in [-0.2, 0) is 20.2 Å². The summed E-state index contributed by atoms with van der Waals surface area (Å²) < 4.78 is 99.6. The normalized spacial score (nSPS) is 24.1. The van der Waals surface area contributed by atoms with Gasteiger partial charge < -0.3 is 24.1 Å². The molecule has 2 saturated heterocycles. The zero-order valence-corrected chi connectivity index (χ0v) is 24.1. The molecule has 1 N–H and O–H groups in total. The van der Waals surface area contributed by atoms with Gasteiger partial charge in [0.05, 0.1) is 25.2 Å². The minimum Gasteiger partial charge on any atom is -0.439 e. The zero-order chi connectivity index (χ0) is 32.4. The quantitative estimate of drug-likeness (QED) is 0.417. The molecule has 4 unspecified atom stereocenters. The molecule has 2 aromatic rings. The highest BCUT2D eigenvalue weighted by atomic mass is 19.4. The topological polar surface area (TPSA) is 118 Å². The highest BCUT2D eigenvalue weighted by molar-refractivity contribution is 5.94. The van der Waals surface area contributed by atoms with E-state index in [0.29, 0.717) is 52.4 Å². The molecule has 3 heterocycles. The number of hydrogen-bond acceptors (Lipinski definition) is 7. The molecule has 4 atom stereocenters. The third kappa shape index (κ3) is 6.96. The van der Waals surface area contributed by atoms with Crippen molar-refractivity contribution < 1.29 is 49.8 Å². The summed E-state index contributed by atoms with van der Waals surface area (Å²) in [6.07, 6.45) is -7.05. The van der Waals surface area contributed by atoms with Gasteiger partial charge in [-0.3, -0.25) is 9.59 Å². The van der Waals surface area contributed by atoms with Gasteiger partial charge in [-0.05, 0) is 50.2 Å². The molecule has 3 aliphatic rings. The summed E-state index contributed by atoms with van der Waals surface area (Å²) in [6, 6.07) is 6.58. The van der Waals surface area contributed by atoms with Gasteiger partial charge in [0, 0.05) is 43.3 Å². The summed E-state index contributed by atoms with van der Waals surface area (Å²) in [4.78, 5) is 31.6. The molecule has 3 fully saturated rings. The molecule has 244 valence electrons. The highest BCUT2D eigenvalue weighted by Crippen LogP contribution is 2.48. The van der Waals surface area contributed by atoms with Crippen LogP contribution in [0, 0.1) is 23.2 Å². The van der Waals surface area contributed by atoms with E-state index in [9.17, 15) is 41.2 Å². The van der Waals surface area contributed by atoms with Gasteiger partial charge in [0.15, 0.2) is 0 Å². The van der Waals surface area contributed by atoms with E-state index < -0.39 is 53.7 Å². The van der Waals surface area contributed by atoms with Gasteiger partial charge >= 0.3 is 12.1 Å². The number of benzene rings is 1. The van der Waals surface area contributed by atoms with Gasteiger partial charge in [0.2, 0.25) is 5.91 Å². The molecule has 0 bridgehead atoms. The molecule has 0 radical (unpaired) electrons. The fourth-order valence-electron chi connectivity index (χ4n) is 6.05. The molecule has 15 heteroatoms. The second-order valence-electron chi connectivity index (χ2n) is 11.5. The van der Waals surface area contributed by atoms with Crippen molar-refractivity contribution in [2.24, 2.45) is 11.8 Å². The number of carbonyl (C=O) groups excluding carboxylic acids is 2. The number of oxazole rings is 1. The van der Waals surface area contributed by atoms with Crippen molar-refractivity contribution in [1.82, 2.24) is 15.2 Å². The van der Waals surface area contributed by atoms with Crippen LogP contribution in [0.2, 0.25) is 0 Å². The molecule has 45 heavy (non-hydrogen) atoms. The number of morpholine rings is 1. The van der Waals surface area contributed by atoms with Gasteiger partial charge in [-0.2, -0.15) is 27.2 Å². The number of amides is 2. The predicted molar refractivity (Wildman–Crippen MR) is 145 cm³/mol. The molecule has 2 aliphatic heterocycles. The van der Waals surface area contributed by atoms with Gasteiger partial charge in [0.1, 0.15) is 23.7 Å². The van der Waals surface area contributed by atoms with E-state index in [0.717, 1.165) is 0 Å². The number of hydrogen-bond donors (Lipinski definition) is 1. The van der Waals surface area contributed by atoms with Crippen molar-refractivity contribution in [3.8, 4) is 17.3 Å². The lowest BCUT2D eigenvalue weighted by Gasteiger charge is -2.33. The Kier molecular flexibility index (Phi) is 9.74. The standard InChI is InChI=1S/C30H32F6N4O5/c31-20-5-6-21(22(15-20)26(41)38-23(16-37)17-7-11-43-12-8-17)25-24(39-28(45-25)29(32,33)30(34,35)36)18-1-3-19(4-2-18)27(42)40-9-13-44-14-10-40/h1-4,17,20-23H,5-15H2,(H,38,41). The van der Waals surface area contributed by atoms with Gasteiger partial charge in [-0.1, -0.05) is 12.1 Å². The van der Waals surface area contributed by atoms with Crippen molar-refractivity contribution in [1.29, 1.82) is 5.26 Å². The largest absolute Gasteiger partial charge is 0.463 e. The molecule has 1 aliphatic carbocycles. The van der Waals surface area contributed by atoms with Crippen LogP contribution in [0.5, 0.6) is 0 Å². The van der Waals surface area contributed by atoms with Crippen molar-refractivity contribution in [3.05, 3.63) is 41.5 Å².